The van der Waals surface area contributed by atoms with Crippen molar-refractivity contribution in [2.45, 2.75) is 38.6 Å². The van der Waals surface area contributed by atoms with E-state index in [4.69, 9.17) is 5.73 Å². The fourth-order valence-corrected chi connectivity index (χ4v) is 4.56. The van der Waals surface area contributed by atoms with Crippen LogP contribution < -0.4 is 5.73 Å². The van der Waals surface area contributed by atoms with Crippen molar-refractivity contribution in [1.82, 2.24) is 9.80 Å². The molecule has 168 valence electrons. The van der Waals surface area contributed by atoms with Gasteiger partial charge < -0.3 is 15.5 Å². The number of halogens is 2. The van der Waals surface area contributed by atoms with Crippen molar-refractivity contribution in [3.05, 3.63) is 71.3 Å². The van der Waals surface area contributed by atoms with E-state index in [0.29, 0.717) is 25.9 Å². The van der Waals surface area contributed by atoms with Gasteiger partial charge in [0.2, 0.25) is 5.91 Å². The van der Waals surface area contributed by atoms with Gasteiger partial charge in [0.1, 0.15) is 11.6 Å². The lowest BCUT2D eigenvalue weighted by atomic mass is 9.74. The fourth-order valence-electron chi connectivity index (χ4n) is 4.56. The Morgan fingerprint density at radius 3 is 2.03 bits per heavy atom. The first-order chi connectivity index (χ1) is 14.9. The van der Waals surface area contributed by atoms with Gasteiger partial charge in [0.15, 0.2) is 0 Å². The molecule has 6 heteroatoms. The third-order valence-electron chi connectivity index (χ3n) is 6.49. The summed E-state index contributed by atoms with van der Waals surface area (Å²) in [5.74, 6) is -0.650. The maximum absolute atomic E-state index is 13.6. The highest BCUT2D eigenvalue weighted by molar-refractivity contribution is 5.76. The SMILES string of the molecule is CCN(CC)CCC(=O)N1CC[C@H](N)[C@H](C(c2ccc(F)cc2)c2ccc(F)cc2)C1. The lowest BCUT2D eigenvalue weighted by Crippen LogP contribution is -2.51. The molecule has 2 atom stereocenters. The molecular weight excluding hydrogens is 396 g/mol. The molecule has 0 radical (unpaired) electrons. The van der Waals surface area contributed by atoms with Crippen LogP contribution >= 0.6 is 0 Å². The van der Waals surface area contributed by atoms with E-state index >= 15 is 0 Å². The Hall–Kier alpha value is -2.31. The summed E-state index contributed by atoms with van der Waals surface area (Å²) in [6, 6.07) is 12.7. The molecule has 1 amide bonds. The highest BCUT2D eigenvalue weighted by Crippen LogP contribution is 2.37. The van der Waals surface area contributed by atoms with Crippen LogP contribution in [0.15, 0.2) is 48.5 Å². The predicted octanol–water partition coefficient (Wildman–Crippen LogP) is 4.00. The first-order valence-corrected chi connectivity index (χ1v) is 11.2. The minimum absolute atomic E-state index is 0.0397. The van der Waals surface area contributed by atoms with Crippen LogP contribution in [0, 0.1) is 17.6 Å². The topological polar surface area (TPSA) is 49.6 Å². The largest absolute Gasteiger partial charge is 0.342 e. The van der Waals surface area contributed by atoms with Crippen LogP contribution in [0.5, 0.6) is 0 Å². The van der Waals surface area contributed by atoms with E-state index in [-0.39, 0.29) is 35.4 Å². The van der Waals surface area contributed by atoms with E-state index in [1.54, 1.807) is 24.3 Å². The second kappa shape index (κ2) is 10.8. The third kappa shape index (κ3) is 5.89. The molecule has 3 rings (SSSR count). The zero-order valence-corrected chi connectivity index (χ0v) is 18.4. The van der Waals surface area contributed by atoms with Crippen LogP contribution in [0.25, 0.3) is 0 Å². The summed E-state index contributed by atoms with van der Waals surface area (Å²) < 4.78 is 27.1. The standard InChI is InChI=1S/C25H33F2N3O/c1-3-29(4-2)15-14-24(31)30-16-13-23(28)22(17-30)25(18-5-9-20(26)10-6-18)19-7-11-21(27)12-8-19/h5-12,22-23,25H,3-4,13-17,28H2,1-2H3/t22-,23+/m1/s1. The van der Waals surface area contributed by atoms with Crippen LogP contribution in [0.3, 0.4) is 0 Å². The minimum Gasteiger partial charge on any atom is -0.342 e. The van der Waals surface area contributed by atoms with Crippen molar-refractivity contribution in [3.8, 4) is 0 Å². The molecule has 31 heavy (non-hydrogen) atoms. The molecule has 2 aromatic rings. The molecule has 0 unspecified atom stereocenters. The highest BCUT2D eigenvalue weighted by Gasteiger charge is 2.36. The quantitative estimate of drug-likeness (QED) is 0.690. The van der Waals surface area contributed by atoms with Gasteiger partial charge in [0.05, 0.1) is 0 Å². The van der Waals surface area contributed by atoms with Crippen molar-refractivity contribution in [1.29, 1.82) is 0 Å². The summed E-state index contributed by atoms with van der Waals surface area (Å²) in [5, 5.41) is 0. The van der Waals surface area contributed by atoms with Crippen LogP contribution in [-0.4, -0.2) is 54.5 Å². The lowest BCUT2D eigenvalue weighted by Gasteiger charge is -2.41. The summed E-state index contributed by atoms with van der Waals surface area (Å²) in [6.07, 6.45) is 1.20. The molecular formula is C25H33F2N3O. The number of likely N-dealkylation sites (tertiary alicyclic amines) is 1. The van der Waals surface area contributed by atoms with Gasteiger partial charge in [-0.1, -0.05) is 38.1 Å². The van der Waals surface area contributed by atoms with Crippen molar-refractivity contribution >= 4 is 5.91 Å². The monoisotopic (exact) mass is 429 g/mol. The summed E-state index contributed by atoms with van der Waals surface area (Å²) in [4.78, 5) is 17.1. The Morgan fingerprint density at radius 2 is 1.55 bits per heavy atom. The van der Waals surface area contributed by atoms with Crippen LogP contribution in [0.2, 0.25) is 0 Å². The van der Waals surface area contributed by atoms with E-state index in [0.717, 1.165) is 30.8 Å². The van der Waals surface area contributed by atoms with Crippen LogP contribution in [0.4, 0.5) is 8.78 Å². The Kier molecular flexibility index (Phi) is 8.15. The summed E-state index contributed by atoms with van der Waals surface area (Å²) >= 11 is 0. The van der Waals surface area contributed by atoms with Crippen LogP contribution in [0.1, 0.15) is 43.7 Å². The van der Waals surface area contributed by atoms with Gasteiger partial charge >= 0.3 is 0 Å². The molecule has 0 aliphatic carbocycles. The van der Waals surface area contributed by atoms with E-state index in [1.807, 2.05) is 4.90 Å². The van der Waals surface area contributed by atoms with E-state index in [2.05, 4.69) is 18.7 Å². The number of nitrogens with zero attached hydrogens (tertiary/aromatic N) is 2. The summed E-state index contributed by atoms with van der Waals surface area (Å²) in [7, 11) is 0. The minimum atomic E-state index is -0.303. The van der Waals surface area contributed by atoms with Gasteiger partial charge in [-0.25, -0.2) is 8.78 Å². The first kappa shape index (κ1) is 23.4. The molecule has 0 saturated carbocycles. The number of carbonyl (C=O) groups is 1. The van der Waals surface area contributed by atoms with E-state index in [9.17, 15) is 13.6 Å². The maximum Gasteiger partial charge on any atom is 0.223 e. The Morgan fingerprint density at radius 1 is 1.03 bits per heavy atom. The Labute approximate surface area is 184 Å². The van der Waals surface area contributed by atoms with Crippen molar-refractivity contribution in [3.63, 3.8) is 0 Å². The molecule has 2 aromatic carbocycles. The number of rotatable bonds is 8. The Balaban J connectivity index is 1.84. The molecule has 1 fully saturated rings. The normalized spacial score (nSPS) is 19.3. The van der Waals surface area contributed by atoms with Crippen molar-refractivity contribution in [2.24, 2.45) is 11.7 Å². The molecule has 1 heterocycles. The van der Waals surface area contributed by atoms with Gasteiger partial charge in [-0.05, 0) is 54.9 Å². The van der Waals surface area contributed by atoms with Crippen molar-refractivity contribution in [2.75, 3.05) is 32.7 Å². The molecule has 1 aliphatic heterocycles. The van der Waals surface area contributed by atoms with Gasteiger partial charge in [-0.3, -0.25) is 4.79 Å². The number of amides is 1. The molecule has 0 aromatic heterocycles. The number of nitrogens with two attached hydrogens (primary N) is 1. The fraction of sp³-hybridized carbons (Fsp3) is 0.480. The lowest BCUT2D eigenvalue weighted by molar-refractivity contribution is -0.133. The number of carbonyl (C=O) groups excluding carboxylic acids is 1. The zero-order chi connectivity index (χ0) is 22.4. The first-order valence-electron chi connectivity index (χ1n) is 11.2. The van der Waals surface area contributed by atoms with E-state index < -0.39 is 0 Å². The second-order valence-corrected chi connectivity index (χ2v) is 8.31. The second-order valence-electron chi connectivity index (χ2n) is 8.31. The average molecular weight is 430 g/mol. The molecule has 1 aliphatic rings. The Bertz CT molecular complexity index is 791. The van der Waals surface area contributed by atoms with Crippen LogP contribution in [-0.2, 0) is 4.79 Å². The maximum atomic E-state index is 13.6. The zero-order valence-electron chi connectivity index (χ0n) is 18.4. The average Bonchev–Trinajstić information content (AvgIpc) is 2.78. The van der Waals surface area contributed by atoms with Gasteiger partial charge in [0.25, 0.3) is 0 Å². The third-order valence-corrected chi connectivity index (χ3v) is 6.49. The smallest absolute Gasteiger partial charge is 0.223 e. The molecule has 0 bridgehead atoms. The van der Waals surface area contributed by atoms with Gasteiger partial charge in [-0.2, -0.15) is 0 Å². The molecule has 4 nitrogen and oxygen atoms in total. The number of piperidine rings is 1. The molecule has 1 saturated heterocycles. The van der Waals surface area contributed by atoms with Gasteiger partial charge in [-0.15, -0.1) is 0 Å². The summed E-state index contributed by atoms with van der Waals surface area (Å²) in [5.41, 5.74) is 8.39. The summed E-state index contributed by atoms with van der Waals surface area (Å²) in [6.45, 7) is 7.98. The number of hydrogen-bond donors (Lipinski definition) is 1. The van der Waals surface area contributed by atoms with E-state index in [1.165, 1.54) is 24.3 Å². The van der Waals surface area contributed by atoms with Gasteiger partial charge in [0, 0.05) is 43.9 Å². The number of hydrogen-bond acceptors (Lipinski definition) is 3. The molecule has 2 N–H and O–H groups in total. The predicted molar refractivity (Wildman–Crippen MR) is 120 cm³/mol. The van der Waals surface area contributed by atoms with Crippen molar-refractivity contribution < 1.29 is 13.6 Å². The molecule has 0 spiro atoms. The number of benzene rings is 2. The highest BCUT2D eigenvalue weighted by atomic mass is 19.1.